The fourth-order valence-corrected chi connectivity index (χ4v) is 5.49. The largest absolute Gasteiger partial charge is 0.389 e. The topological polar surface area (TPSA) is 58.1 Å². The molecule has 0 aliphatic carbocycles. The summed E-state index contributed by atoms with van der Waals surface area (Å²) in [4.78, 5) is 0. The molecule has 0 spiro atoms. The van der Waals surface area contributed by atoms with Gasteiger partial charge in [0.2, 0.25) is 12.7 Å². The van der Waals surface area contributed by atoms with Crippen LogP contribution in [0.4, 0.5) is 0 Å². The molecule has 0 aromatic carbocycles. The van der Waals surface area contributed by atoms with Gasteiger partial charge in [-0.2, -0.15) is 0 Å². The van der Waals surface area contributed by atoms with E-state index >= 15 is 0 Å². The lowest BCUT2D eigenvalue weighted by molar-refractivity contribution is -0.703. The molecular formula is C33H62N4O2+2. The Morgan fingerprint density at radius 1 is 0.513 bits per heavy atom. The quantitative estimate of drug-likeness (QED) is 0.101. The van der Waals surface area contributed by atoms with E-state index in [9.17, 15) is 10.2 Å². The molecule has 0 bridgehead atoms. The van der Waals surface area contributed by atoms with Gasteiger partial charge in [-0.15, -0.1) is 0 Å². The van der Waals surface area contributed by atoms with Crippen LogP contribution in [0.25, 0.3) is 0 Å². The third-order valence-electron chi connectivity index (χ3n) is 7.95. The number of hydrogen-bond donors (Lipinski definition) is 2. The van der Waals surface area contributed by atoms with Crippen molar-refractivity contribution in [1.82, 2.24) is 9.13 Å². The zero-order valence-corrected chi connectivity index (χ0v) is 25.6. The molecule has 2 rings (SSSR count). The third-order valence-corrected chi connectivity index (χ3v) is 7.95. The lowest BCUT2D eigenvalue weighted by Crippen LogP contribution is -2.38. The van der Waals surface area contributed by atoms with Crippen molar-refractivity contribution in [3.63, 3.8) is 0 Å². The van der Waals surface area contributed by atoms with E-state index in [0.717, 1.165) is 45.2 Å². The van der Waals surface area contributed by atoms with Crippen molar-refractivity contribution in [1.29, 1.82) is 0 Å². The van der Waals surface area contributed by atoms with Crippen molar-refractivity contribution in [2.45, 2.75) is 174 Å². The molecule has 0 amide bonds. The molecule has 2 N–H and O–H groups in total. The second kappa shape index (κ2) is 22.1. The van der Waals surface area contributed by atoms with Crippen LogP contribution >= 0.6 is 0 Å². The minimum Gasteiger partial charge on any atom is -0.389 e. The molecule has 0 saturated heterocycles. The van der Waals surface area contributed by atoms with Gasteiger partial charge >= 0.3 is 0 Å². The van der Waals surface area contributed by atoms with Crippen LogP contribution in [0.15, 0.2) is 37.4 Å². The van der Waals surface area contributed by atoms with Crippen LogP contribution in [0.5, 0.6) is 0 Å². The highest BCUT2D eigenvalue weighted by Crippen LogP contribution is 2.12. The van der Waals surface area contributed by atoms with Crippen LogP contribution < -0.4 is 9.13 Å². The van der Waals surface area contributed by atoms with Gasteiger partial charge in [-0.1, -0.05) is 117 Å². The van der Waals surface area contributed by atoms with Gasteiger partial charge in [-0.3, -0.25) is 0 Å². The maximum absolute atomic E-state index is 10.4. The number of aryl methyl sites for hydroxylation is 2. The highest BCUT2D eigenvalue weighted by Gasteiger charge is 2.13. The summed E-state index contributed by atoms with van der Waals surface area (Å²) in [5, 5.41) is 20.9. The molecule has 6 nitrogen and oxygen atoms in total. The maximum Gasteiger partial charge on any atom is 0.243 e. The van der Waals surface area contributed by atoms with E-state index in [4.69, 9.17) is 0 Å². The second-order valence-corrected chi connectivity index (χ2v) is 11.9. The van der Waals surface area contributed by atoms with Gasteiger partial charge in [0.05, 0.1) is 25.3 Å². The molecule has 0 aliphatic rings. The average molecular weight is 547 g/mol. The Hall–Kier alpha value is -1.66. The molecule has 224 valence electrons. The van der Waals surface area contributed by atoms with E-state index in [0.29, 0.717) is 13.1 Å². The smallest absolute Gasteiger partial charge is 0.243 e. The second-order valence-electron chi connectivity index (χ2n) is 11.9. The molecule has 2 heterocycles. The zero-order chi connectivity index (χ0) is 28.0. The van der Waals surface area contributed by atoms with E-state index in [-0.39, 0.29) is 12.2 Å². The van der Waals surface area contributed by atoms with E-state index < -0.39 is 0 Å². The Labute approximate surface area is 240 Å². The number of hydrogen-bond acceptors (Lipinski definition) is 2. The van der Waals surface area contributed by atoms with Crippen molar-refractivity contribution in [2.24, 2.45) is 0 Å². The number of aliphatic hydroxyl groups is 2. The number of unbranched alkanes of at least 4 members (excludes halogenated alkanes) is 14. The summed E-state index contributed by atoms with van der Waals surface area (Å²) in [7, 11) is 0. The van der Waals surface area contributed by atoms with E-state index in [2.05, 4.69) is 69.6 Å². The minimum absolute atomic E-state index is 0.257. The van der Waals surface area contributed by atoms with Crippen molar-refractivity contribution in [2.75, 3.05) is 0 Å². The summed E-state index contributed by atoms with van der Waals surface area (Å²) in [6, 6.07) is 0. The zero-order valence-electron chi connectivity index (χ0n) is 25.6. The first-order chi connectivity index (χ1) is 19.1. The Balaban J connectivity index is 1.52. The van der Waals surface area contributed by atoms with E-state index in [1.54, 1.807) is 0 Å². The highest BCUT2D eigenvalue weighted by molar-refractivity contribution is 4.70. The number of imidazole rings is 2. The summed E-state index contributed by atoms with van der Waals surface area (Å²) in [5.41, 5.74) is 0. The molecule has 2 atom stereocenters. The van der Waals surface area contributed by atoms with Gasteiger partial charge in [0.25, 0.3) is 0 Å². The molecular weight excluding hydrogens is 484 g/mol. The first kappa shape index (κ1) is 33.5. The minimum atomic E-state index is -0.257. The molecule has 39 heavy (non-hydrogen) atoms. The lowest BCUT2D eigenvalue weighted by Gasteiger charge is -2.08. The molecule has 0 aliphatic heterocycles. The average Bonchev–Trinajstić information content (AvgIpc) is 3.56. The molecule has 0 radical (unpaired) electrons. The van der Waals surface area contributed by atoms with Gasteiger partial charge in [-0.05, 0) is 12.8 Å². The fourth-order valence-electron chi connectivity index (χ4n) is 5.49. The van der Waals surface area contributed by atoms with Crippen molar-refractivity contribution >= 4 is 0 Å². The van der Waals surface area contributed by atoms with Crippen LogP contribution in [-0.2, 0) is 26.2 Å². The Kier molecular flexibility index (Phi) is 19.0. The standard InChI is InChI=1S/C33H62N4O2/c1-3-5-7-9-11-13-15-17-20-32(38)28-36-26-24-34(30-36)22-19-23-35-25-27-37(31-35)29-33(39)21-18-16-14-12-10-8-6-4-2/h24-27,30-33,38-39H,3-23,28-29H2,1-2H3/q+2. The summed E-state index contributed by atoms with van der Waals surface area (Å²) in [6.07, 6.45) is 35.8. The summed E-state index contributed by atoms with van der Waals surface area (Å²) in [5.74, 6) is 0. The van der Waals surface area contributed by atoms with Crippen LogP contribution in [0.1, 0.15) is 136 Å². The van der Waals surface area contributed by atoms with E-state index in [1.165, 1.54) is 89.9 Å². The van der Waals surface area contributed by atoms with Gasteiger partial charge < -0.3 is 10.2 Å². The van der Waals surface area contributed by atoms with Crippen LogP contribution in [0.2, 0.25) is 0 Å². The Morgan fingerprint density at radius 2 is 0.872 bits per heavy atom. The van der Waals surface area contributed by atoms with Crippen molar-refractivity contribution in [3.8, 4) is 0 Å². The predicted molar refractivity (Wildman–Crippen MR) is 160 cm³/mol. The molecule has 6 heteroatoms. The SMILES string of the molecule is CCCCCCCCCCC(O)C[n+]1ccn(CCCn2cc[n+](CC(O)CCCCCCCCCC)c2)c1. The monoisotopic (exact) mass is 546 g/mol. The van der Waals surface area contributed by atoms with Gasteiger partial charge in [0.1, 0.15) is 37.9 Å². The Morgan fingerprint density at radius 3 is 1.26 bits per heavy atom. The number of rotatable bonds is 26. The first-order valence-electron chi connectivity index (χ1n) is 16.6. The van der Waals surface area contributed by atoms with Gasteiger partial charge in [0.15, 0.2) is 0 Å². The maximum atomic E-state index is 10.4. The van der Waals surface area contributed by atoms with Crippen LogP contribution in [0, 0.1) is 0 Å². The van der Waals surface area contributed by atoms with Gasteiger partial charge in [0, 0.05) is 6.42 Å². The third kappa shape index (κ3) is 16.9. The van der Waals surface area contributed by atoms with Crippen LogP contribution in [0.3, 0.4) is 0 Å². The molecule has 2 unspecified atom stereocenters. The highest BCUT2D eigenvalue weighted by atomic mass is 16.3. The number of aromatic nitrogens is 4. The fraction of sp³-hybridized carbons (Fsp3) is 0.818. The van der Waals surface area contributed by atoms with Crippen molar-refractivity contribution < 1.29 is 19.3 Å². The normalized spacial score (nSPS) is 13.2. The van der Waals surface area contributed by atoms with Crippen LogP contribution in [-0.4, -0.2) is 31.6 Å². The molecule has 0 fully saturated rings. The number of nitrogens with zero attached hydrogens (tertiary/aromatic N) is 4. The molecule has 2 aromatic rings. The van der Waals surface area contributed by atoms with Gasteiger partial charge in [-0.25, -0.2) is 18.3 Å². The molecule has 2 aromatic heterocycles. The lowest BCUT2D eigenvalue weighted by atomic mass is 10.1. The number of aliphatic hydroxyl groups excluding tert-OH is 2. The summed E-state index contributed by atoms with van der Waals surface area (Å²) < 4.78 is 8.67. The summed E-state index contributed by atoms with van der Waals surface area (Å²) in [6.45, 7) is 7.81. The first-order valence-corrected chi connectivity index (χ1v) is 16.6. The van der Waals surface area contributed by atoms with E-state index in [1.807, 2.05) is 0 Å². The van der Waals surface area contributed by atoms with Crippen molar-refractivity contribution in [3.05, 3.63) is 37.4 Å². The molecule has 0 saturated carbocycles. The Bertz CT molecular complexity index is 752. The summed E-state index contributed by atoms with van der Waals surface area (Å²) >= 11 is 0. The predicted octanol–water partition coefficient (Wildman–Crippen LogP) is 6.74.